The zero-order chi connectivity index (χ0) is 13.5. The Morgan fingerprint density at radius 2 is 2.11 bits per heavy atom. The van der Waals surface area contributed by atoms with Gasteiger partial charge in [0.2, 0.25) is 0 Å². The molecule has 0 aliphatic rings. The van der Waals surface area contributed by atoms with Gasteiger partial charge < -0.3 is 10.5 Å². The molecule has 2 N–H and O–H groups in total. The molecule has 0 aliphatic heterocycles. The highest BCUT2D eigenvalue weighted by Crippen LogP contribution is 2.21. The van der Waals surface area contributed by atoms with Gasteiger partial charge in [0, 0.05) is 37.3 Å². The molecule has 0 aromatic heterocycles. The van der Waals surface area contributed by atoms with Gasteiger partial charge in [0.05, 0.1) is 6.61 Å². The third kappa shape index (κ3) is 4.69. The second-order valence-corrected chi connectivity index (χ2v) is 5.54. The van der Waals surface area contributed by atoms with Crippen molar-refractivity contribution >= 4 is 15.9 Å². The van der Waals surface area contributed by atoms with E-state index in [1.165, 1.54) is 5.56 Å². The highest BCUT2D eigenvalue weighted by atomic mass is 79.9. The van der Waals surface area contributed by atoms with Gasteiger partial charge in [0.15, 0.2) is 0 Å². The Morgan fingerprint density at radius 3 is 2.61 bits per heavy atom. The van der Waals surface area contributed by atoms with Crippen LogP contribution in [0.3, 0.4) is 0 Å². The van der Waals surface area contributed by atoms with Crippen LogP contribution in [0.1, 0.15) is 25.0 Å². The summed E-state index contributed by atoms with van der Waals surface area (Å²) < 4.78 is 6.29. The number of benzene rings is 1. The largest absolute Gasteiger partial charge is 0.383 e. The normalized spacial score (nSPS) is 11.5. The Morgan fingerprint density at radius 1 is 1.39 bits per heavy atom. The van der Waals surface area contributed by atoms with Gasteiger partial charge in [-0.25, -0.2) is 0 Å². The third-order valence-electron chi connectivity index (χ3n) is 3.04. The van der Waals surface area contributed by atoms with E-state index in [9.17, 15) is 0 Å². The van der Waals surface area contributed by atoms with Crippen molar-refractivity contribution in [2.24, 2.45) is 5.73 Å². The molecule has 0 unspecified atom stereocenters. The molecule has 0 amide bonds. The number of halogens is 1. The van der Waals surface area contributed by atoms with Gasteiger partial charge in [0.1, 0.15) is 0 Å². The molecular formula is C14H23BrN2O. The Hall–Kier alpha value is -0.420. The third-order valence-corrected chi connectivity index (χ3v) is 3.78. The highest BCUT2D eigenvalue weighted by molar-refractivity contribution is 9.10. The van der Waals surface area contributed by atoms with Crippen LogP contribution in [0.5, 0.6) is 0 Å². The molecule has 0 radical (unpaired) electrons. The summed E-state index contributed by atoms with van der Waals surface area (Å²) in [5, 5.41) is 0. The van der Waals surface area contributed by atoms with Crippen molar-refractivity contribution in [1.82, 2.24) is 4.90 Å². The summed E-state index contributed by atoms with van der Waals surface area (Å²) in [4.78, 5) is 2.39. The molecule has 0 bridgehead atoms. The summed E-state index contributed by atoms with van der Waals surface area (Å²) in [6.07, 6.45) is 0. The predicted octanol–water partition coefficient (Wildman–Crippen LogP) is 2.76. The Kier molecular flexibility index (Phi) is 6.86. The van der Waals surface area contributed by atoms with Crippen molar-refractivity contribution in [2.45, 2.75) is 33.0 Å². The van der Waals surface area contributed by atoms with Gasteiger partial charge in [-0.3, -0.25) is 4.90 Å². The second-order valence-electron chi connectivity index (χ2n) is 4.69. The molecule has 1 aromatic carbocycles. The number of hydrogen-bond acceptors (Lipinski definition) is 3. The lowest BCUT2D eigenvalue weighted by molar-refractivity contribution is 0.125. The molecule has 0 saturated heterocycles. The first-order chi connectivity index (χ1) is 8.58. The molecule has 18 heavy (non-hydrogen) atoms. The molecule has 0 saturated carbocycles. The van der Waals surface area contributed by atoms with Gasteiger partial charge in [0.25, 0.3) is 0 Å². The van der Waals surface area contributed by atoms with E-state index >= 15 is 0 Å². The second kappa shape index (κ2) is 7.89. The van der Waals surface area contributed by atoms with Crippen molar-refractivity contribution in [3.8, 4) is 0 Å². The van der Waals surface area contributed by atoms with Crippen molar-refractivity contribution in [3.63, 3.8) is 0 Å². The minimum absolute atomic E-state index is 0.501. The summed E-state index contributed by atoms with van der Waals surface area (Å²) in [6, 6.07) is 6.84. The number of hydrogen-bond donors (Lipinski definition) is 1. The van der Waals surface area contributed by atoms with Gasteiger partial charge in [-0.05, 0) is 31.0 Å². The maximum Gasteiger partial charge on any atom is 0.0589 e. The molecule has 0 aliphatic carbocycles. The van der Waals surface area contributed by atoms with E-state index in [2.05, 4.69) is 52.9 Å². The standard InChI is InChI=1S/C14H23BrN2O/c1-11(2)17(6-7-18-3)10-13-5-4-12(9-16)8-14(13)15/h4-5,8,11H,6-7,9-10,16H2,1-3H3. The number of rotatable bonds is 7. The van der Waals surface area contributed by atoms with E-state index in [1.807, 2.05) is 0 Å². The fraction of sp³-hybridized carbons (Fsp3) is 0.571. The van der Waals surface area contributed by atoms with E-state index in [0.717, 1.165) is 29.7 Å². The molecular weight excluding hydrogens is 292 g/mol. The number of nitrogens with two attached hydrogens (primary N) is 1. The van der Waals surface area contributed by atoms with Crippen molar-refractivity contribution in [1.29, 1.82) is 0 Å². The van der Waals surface area contributed by atoms with Crippen LogP contribution >= 0.6 is 15.9 Å². The smallest absolute Gasteiger partial charge is 0.0589 e. The van der Waals surface area contributed by atoms with Gasteiger partial charge in [-0.15, -0.1) is 0 Å². The molecule has 1 aromatic rings. The fourth-order valence-electron chi connectivity index (χ4n) is 1.79. The number of methoxy groups -OCH3 is 1. The Labute approximate surface area is 118 Å². The quantitative estimate of drug-likeness (QED) is 0.841. The van der Waals surface area contributed by atoms with Crippen LogP contribution in [0.4, 0.5) is 0 Å². The van der Waals surface area contributed by atoms with Gasteiger partial charge in [-0.2, -0.15) is 0 Å². The Balaban J connectivity index is 2.74. The van der Waals surface area contributed by atoms with E-state index in [-0.39, 0.29) is 0 Å². The zero-order valence-electron chi connectivity index (χ0n) is 11.4. The van der Waals surface area contributed by atoms with Gasteiger partial charge in [-0.1, -0.05) is 28.1 Å². The summed E-state index contributed by atoms with van der Waals surface area (Å²) in [5.74, 6) is 0. The van der Waals surface area contributed by atoms with Crippen LogP contribution in [0.2, 0.25) is 0 Å². The lowest BCUT2D eigenvalue weighted by atomic mass is 10.1. The summed E-state index contributed by atoms with van der Waals surface area (Å²) in [7, 11) is 1.74. The maximum absolute atomic E-state index is 5.64. The number of nitrogens with zero attached hydrogens (tertiary/aromatic N) is 1. The number of ether oxygens (including phenoxy) is 1. The van der Waals surface area contributed by atoms with Crippen molar-refractivity contribution < 1.29 is 4.74 Å². The summed E-state index contributed by atoms with van der Waals surface area (Å²) in [6.45, 7) is 7.62. The average molecular weight is 315 g/mol. The lowest BCUT2D eigenvalue weighted by Gasteiger charge is -2.26. The van der Waals surface area contributed by atoms with Crippen molar-refractivity contribution in [2.75, 3.05) is 20.3 Å². The van der Waals surface area contributed by atoms with Crippen LogP contribution in [0.25, 0.3) is 0 Å². The minimum atomic E-state index is 0.501. The van der Waals surface area contributed by atoms with Crippen molar-refractivity contribution in [3.05, 3.63) is 33.8 Å². The van der Waals surface area contributed by atoms with Crippen LogP contribution in [-0.4, -0.2) is 31.2 Å². The summed E-state index contributed by atoms with van der Waals surface area (Å²) in [5.41, 5.74) is 8.08. The van der Waals surface area contributed by atoms with Crippen LogP contribution in [-0.2, 0) is 17.8 Å². The average Bonchev–Trinajstić information content (AvgIpc) is 2.35. The molecule has 0 heterocycles. The first kappa shape index (κ1) is 15.6. The molecule has 0 fully saturated rings. The van der Waals surface area contributed by atoms with Crippen LogP contribution < -0.4 is 5.73 Å². The highest BCUT2D eigenvalue weighted by Gasteiger charge is 2.11. The zero-order valence-corrected chi connectivity index (χ0v) is 13.0. The molecule has 4 heteroatoms. The molecule has 1 rings (SSSR count). The van der Waals surface area contributed by atoms with E-state index in [1.54, 1.807) is 7.11 Å². The lowest BCUT2D eigenvalue weighted by Crippen LogP contribution is -2.33. The van der Waals surface area contributed by atoms with E-state index in [0.29, 0.717) is 12.6 Å². The van der Waals surface area contributed by atoms with E-state index in [4.69, 9.17) is 10.5 Å². The monoisotopic (exact) mass is 314 g/mol. The Bertz CT molecular complexity index is 369. The first-order valence-corrected chi connectivity index (χ1v) is 7.08. The molecule has 0 spiro atoms. The topological polar surface area (TPSA) is 38.5 Å². The maximum atomic E-state index is 5.64. The first-order valence-electron chi connectivity index (χ1n) is 6.28. The predicted molar refractivity (Wildman–Crippen MR) is 79.5 cm³/mol. The van der Waals surface area contributed by atoms with Gasteiger partial charge >= 0.3 is 0 Å². The summed E-state index contributed by atoms with van der Waals surface area (Å²) >= 11 is 3.62. The molecule has 0 atom stereocenters. The molecule has 3 nitrogen and oxygen atoms in total. The van der Waals surface area contributed by atoms with Crippen LogP contribution in [0.15, 0.2) is 22.7 Å². The fourth-order valence-corrected chi connectivity index (χ4v) is 2.34. The van der Waals surface area contributed by atoms with E-state index < -0.39 is 0 Å². The van der Waals surface area contributed by atoms with Crippen LogP contribution in [0, 0.1) is 0 Å². The minimum Gasteiger partial charge on any atom is -0.383 e. The SMILES string of the molecule is COCCN(Cc1ccc(CN)cc1Br)C(C)C. The molecule has 102 valence electrons.